The number of esters is 1. The van der Waals surface area contributed by atoms with Gasteiger partial charge in [-0.05, 0) is 49.2 Å². The van der Waals surface area contributed by atoms with Crippen LogP contribution in [0.4, 0.5) is 9.18 Å². The number of nitrogens with one attached hydrogen (secondary N) is 2. The summed E-state index contributed by atoms with van der Waals surface area (Å²) in [6.45, 7) is -0.566. The molecule has 11 heteroatoms. The van der Waals surface area contributed by atoms with Crippen LogP contribution in [0, 0.1) is 5.82 Å². The van der Waals surface area contributed by atoms with Crippen LogP contribution in [0.25, 0.3) is 17.1 Å². The number of halogens is 1. The fourth-order valence-electron chi connectivity index (χ4n) is 3.72. The van der Waals surface area contributed by atoms with Crippen molar-refractivity contribution in [1.82, 2.24) is 25.4 Å². The maximum absolute atomic E-state index is 13.4. The average molecular weight is 498 g/mol. The van der Waals surface area contributed by atoms with Gasteiger partial charge in [0.2, 0.25) is 0 Å². The fraction of sp³-hybridized carbons (Fsp3) is 0.292. The summed E-state index contributed by atoms with van der Waals surface area (Å²) in [5, 5.41) is 13.7. The number of thioether (sulfide) groups is 1. The second-order valence-corrected chi connectivity index (χ2v) is 8.88. The van der Waals surface area contributed by atoms with Crippen LogP contribution in [0.1, 0.15) is 25.7 Å². The number of aromatic nitrogens is 3. The largest absolute Gasteiger partial charge is 0.455 e. The van der Waals surface area contributed by atoms with E-state index in [2.05, 4.69) is 20.8 Å². The lowest BCUT2D eigenvalue weighted by Crippen LogP contribution is -2.45. The van der Waals surface area contributed by atoms with E-state index in [4.69, 9.17) is 4.74 Å². The van der Waals surface area contributed by atoms with Crippen molar-refractivity contribution in [3.05, 3.63) is 60.4 Å². The summed E-state index contributed by atoms with van der Waals surface area (Å²) in [7, 11) is 0. The fourth-order valence-corrected chi connectivity index (χ4v) is 4.47. The van der Waals surface area contributed by atoms with Crippen LogP contribution in [0.15, 0.2) is 59.8 Å². The minimum Gasteiger partial charge on any atom is -0.455 e. The number of benzene rings is 2. The number of amides is 3. The molecule has 0 saturated heterocycles. The van der Waals surface area contributed by atoms with Crippen molar-refractivity contribution in [3.63, 3.8) is 0 Å². The molecule has 2 N–H and O–H groups in total. The monoisotopic (exact) mass is 497 g/mol. The van der Waals surface area contributed by atoms with Crippen molar-refractivity contribution >= 4 is 29.7 Å². The summed E-state index contributed by atoms with van der Waals surface area (Å²) >= 11 is 1.09. The number of ether oxygens (including phenoxy) is 1. The summed E-state index contributed by atoms with van der Waals surface area (Å²) in [6, 6.07) is 14.7. The van der Waals surface area contributed by atoms with Gasteiger partial charge in [-0.2, -0.15) is 0 Å². The van der Waals surface area contributed by atoms with Crippen molar-refractivity contribution in [3.8, 4) is 17.1 Å². The number of hydrogen-bond donors (Lipinski definition) is 2. The molecule has 0 spiro atoms. The molecule has 0 atom stereocenters. The van der Waals surface area contributed by atoms with E-state index in [9.17, 15) is 18.8 Å². The molecule has 9 nitrogen and oxygen atoms in total. The molecular weight excluding hydrogens is 473 g/mol. The Bertz CT molecular complexity index is 1180. The number of imide groups is 1. The molecule has 182 valence electrons. The molecule has 3 amide bonds. The molecule has 1 heterocycles. The number of rotatable bonds is 8. The van der Waals surface area contributed by atoms with Crippen molar-refractivity contribution in [2.24, 2.45) is 0 Å². The molecule has 35 heavy (non-hydrogen) atoms. The molecule has 1 aliphatic carbocycles. The Morgan fingerprint density at radius 3 is 2.46 bits per heavy atom. The van der Waals surface area contributed by atoms with Crippen LogP contribution >= 0.6 is 11.8 Å². The van der Waals surface area contributed by atoms with Gasteiger partial charge in [-0.3, -0.25) is 19.5 Å². The van der Waals surface area contributed by atoms with E-state index in [0.29, 0.717) is 16.5 Å². The Kier molecular flexibility index (Phi) is 8.09. The molecule has 1 aliphatic rings. The number of nitrogens with zero attached hydrogens (tertiary/aromatic N) is 3. The van der Waals surface area contributed by atoms with E-state index in [1.54, 1.807) is 16.7 Å². The SMILES string of the molecule is O=C(COC(=O)CSc1nnc(-c2ccc(F)cc2)n1-c1ccccc1)NC(=O)NC1CCCC1. The summed E-state index contributed by atoms with van der Waals surface area (Å²) in [5.74, 6) is -1.36. The quantitative estimate of drug-likeness (QED) is 0.362. The minimum absolute atomic E-state index is 0.0727. The first-order valence-corrected chi connectivity index (χ1v) is 12.1. The van der Waals surface area contributed by atoms with Crippen molar-refractivity contribution in [2.75, 3.05) is 12.4 Å². The predicted molar refractivity (Wildman–Crippen MR) is 127 cm³/mol. The highest BCUT2D eigenvalue weighted by molar-refractivity contribution is 7.99. The Balaban J connectivity index is 1.35. The standard InChI is InChI=1S/C24H24FN5O4S/c25-17-12-10-16(11-13-17)22-28-29-24(30(22)19-8-2-1-3-9-19)35-15-21(32)34-14-20(31)27-23(33)26-18-6-4-5-7-18/h1-3,8-13,18H,4-7,14-15H2,(H2,26,27,31,33). The van der Waals surface area contributed by atoms with Gasteiger partial charge in [0, 0.05) is 17.3 Å². The first kappa shape index (κ1) is 24.4. The van der Waals surface area contributed by atoms with Crippen LogP contribution in [-0.4, -0.2) is 51.1 Å². The lowest BCUT2D eigenvalue weighted by Gasteiger charge is -2.12. The van der Waals surface area contributed by atoms with Gasteiger partial charge in [-0.25, -0.2) is 9.18 Å². The van der Waals surface area contributed by atoms with Gasteiger partial charge in [-0.1, -0.05) is 42.8 Å². The number of para-hydroxylation sites is 1. The topological polar surface area (TPSA) is 115 Å². The summed E-state index contributed by atoms with van der Waals surface area (Å²) < 4.78 is 20.1. The second-order valence-electron chi connectivity index (χ2n) is 7.94. The molecular formula is C24H24FN5O4S. The van der Waals surface area contributed by atoms with Crippen molar-refractivity contribution in [1.29, 1.82) is 0 Å². The molecule has 0 radical (unpaired) electrons. The Labute approximate surface area is 205 Å². The van der Waals surface area contributed by atoms with Crippen LogP contribution in [0.3, 0.4) is 0 Å². The first-order chi connectivity index (χ1) is 17.0. The predicted octanol–water partition coefficient (Wildman–Crippen LogP) is 3.48. The molecule has 0 bridgehead atoms. The molecule has 0 unspecified atom stereocenters. The van der Waals surface area contributed by atoms with Gasteiger partial charge in [0.25, 0.3) is 5.91 Å². The highest BCUT2D eigenvalue weighted by Gasteiger charge is 2.20. The third-order valence-corrected chi connectivity index (χ3v) is 6.28. The Morgan fingerprint density at radius 1 is 1.03 bits per heavy atom. The van der Waals surface area contributed by atoms with Gasteiger partial charge in [0.05, 0.1) is 5.75 Å². The smallest absolute Gasteiger partial charge is 0.321 e. The van der Waals surface area contributed by atoms with Crippen molar-refractivity contribution < 1.29 is 23.5 Å². The van der Waals surface area contributed by atoms with Crippen molar-refractivity contribution in [2.45, 2.75) is 36.9 Å². The van der Waals surface area contributed by atoms with Crippen LogP contribution in [0.5, 0.6) is 0 Å². The zero-order valence-electron chi connectivity index (χ0n) is 18.8. The number of carbonyl (C=O) groups is 3. The lowest BCUT2D eigenvalue weighted by molar-refractivity contribution is -0.145. The third-order valence-electron chi connectivity index (χ3n) is 5.38. The van der Waals surface area contributed by atoms with Gasteiger partial charge in [-0.15, -0.1) is 10.2 Å². The summed E-state index contributed by atoms with van der Waals surface area (Å²) in [6.07, 6.45) is 3.89. The molecule has 2 aromatic carbocycles. The maximum atomic E-state index is 13.4. The van der Waals surface area contributed by atoms with E-state index in [0.717, 1.165) is 43.1 Å². The summed E-state index contributed by atoms with van der Waals surface area (Å²) in [4.78, 5) is 36.0. The highest BCUT2D eigenvalue weighted by Crippen LogP contribution is 2.28. The van der Waals surface area contributed by atoms with E-state index < -0.39 is 24.5 Å². The van der Waals surface area contributed by atoms with Crippen LogP contribution in [-0.2, 0) is 14.3 Å². The number of hydrogen-bond acceptors (Lipinski definition) is 7. The maximum Gasteiger partial charge on any atom is 0.321 e. The van der Waals surface area contributed by atoms with Gasteiger partial charge in [0.1, 0.15) is 5.82 Å². The molecule has 3 aromatic rings. The molecule has 4 rings (SSSR count). The van der Waals surface area contributed by atoms with Gasteiger partial charge in [0.15, 0.2) is 17.6 Å². The van der Waals surface area contributed by atoms with Crippen LogP contribution < -0.4 is 10.6 Å². The second kappa shape index (κ2) is 11.6. The van der Waals surface area contributed by atoms with Gasteiger partial charge >= 0.3 is 12.0 Å². The molecule has 1 saturated carbocycles. The summed E-state index contributed by atoms with van der Waals surface area (Å²) in [5.41, 5.74) is 1.42. The highest BCUT2D eigenvalue weighted by atomic mass is 32.2. The third kappa shape index (κ3) is 6.66. The normalized spacial score (nSPS) is 13.4. The molecule has 1 fully saturated rings. The van der Waals surface area contributed by atoms with E-state index in [1.165, 1.54) is 12.1 Å². The zero-order valence-corrected chi connectivity index (χ0v) is 19.6. The van der Waals surface area contributed by atoms with E-state index >= 15 is 0 Å². The van der Waals surface area contributed by atoms with E-state index in [1.807, 2.05) is 30.3 Å². The van der Waals surface area contributed by atoms with Gasteiger partial charge < -0.3 is 10.1 Å². The first-order valence-electron chi connectivity index (χ1n) is 11.1. The average Bonchev–Trinajstić information content (AvgIpc) is 3.52. The zero-order chi connectivity index (χ0) is 24.6. The van der Waals surface area contributed by atoms with E-state index in [-0.39, 0.29) is 17.6 Å². The van der Waals surface area contributed by atoms with Crippen LogP contribution in [0.2, 0.25) is 0 Å². The minimum atomic E-state index is -0.704. The number of carbonyl (C=O) groups excluding carboxylic acids is 3. The number of urea groups is 1. The Hall–Kier alpha value is -3.73. The Morgan fingerprint density at radius 2 is 1.74 bits per heavy atom. The lowest BCUT2D eigenvalue weighted by atomic mass is 10.2. The molecule has 1 aromatic heterocycles. The molecule has 0 aliphatic heterocycles.